The zero-order valence-electron chi connectivity index (χ0n) is 22.0. The lowest BCUT2D eigenvalue weighted by atomic mass is 9.62. The maximum atomic E-state index is 13.8. The predicted octanol–water partition coefficient (Wildman–Crippen LogP) is 2.00. The van der Waals surface area contributed by atoms with Gasteiger partial charge in [0.05, 0.1) is 24.0 Å². The molecule has 3 aliphatic heterocycles. The van der Waals surface area contributed by atoms with Crippen molar-refractivity contribution in [2.24, 2.45) is 17.8 Å². The Kier molecular flexibility index (Phi) is 7.35. The Labute approximate surface area is 213 Å². The number of hydrogen-bond acceptors (Lipinski definition) is 6. The summed E-state index contributed by atoms with van der Waals surface area (Å²) in [6.07, 6.45) is 1.28. The summed E-state index contributed by atoms with van der Waals surface area (Å²) < 4.78 is 6.62. The van der Waals surface area contributed by atoms with E-state index in [2.05, 4.69) is 29.4 Å². The van der Waals surface area contributed by atoms with Crippen LogP contribution in [-0.2, 0) is 19.1 Å². The summed E-state index contributed by atoms with van der Waals surface area (Å²) in [5, 5.41) is 15.7. The van der Waals surface area contributed by atoms with E-state index in [4.69, 9.17) is 4.74 Å². The van der Waals surface area contributed by atoms with Crippen molar-refractivity contribution in [3.8, 4) is 0 Å². The average molecular weight is 501 g/mol. The molecule has 0 aromatic heterocycles. The molecule has 0 radical (unpaired) electrons. The predicted molar refractivity (Wildman–Crippen MR) is 138 cm³/mol. The Hall–Kier alpha value is -2.65. The first-order chi connectivity index (χ1) is 17.2. The van der Waals surface area contributed by atoms with E-state index in [-0.39, 0.29) is 36.8 Å². The van der Waals surface area contributed by atoms with Crippen LogP contribution in [0.3, 0.4) is 0 Å². The minimum atomic E-state index is -1.11. The summed E-state index contributed by atoms with van der Waals surface area (Å²) in [5.41, 5.74) is -0.265. The van der Waals surface area contributed by atoms with Crippen molar-refractivity contribution >= 4 is 29.1 Å². The van der Waals surface area contributed by atoms with Crippen LogP contribution in [0.4, 0.5) is 11.4 Å². The molecule has 4 rings (SSSR count). The second-order valence-electron chi connectivity index (χ2n) is 10.5. The number of aliphatic hydroxyl groups excluding tert-OH is 1. The third-order valence-corrected chi connectivity index (χ3v) is 8.50. The number of likely N-dealkylation sites (tertiary alicyclic amines) is 1. The first kappa shape index (κ1) is 26.4. The number of rotatable bonds is 10. The van der Waals surface area contributed by atoms with Crippen LogP contribution < -0.4 is 15.5 Å². The Balaban J connectivity index is 1.65. The second kappa shape index (κ2) is 10.0. The summed E-state index contributed by atoms with van der Waals surface area (Å²) in [7, 11) is 0. The van der Waals surface area contributed by atoms with Gasteiger partial charge in [-0.2, -0.15) is 0 Å². The molecule has 0 saturated carbocycles. The molecule has 3 unspecified atom stereocenters. The van der Waals surface area contributed by atoms with Crippen LogP contribution in [0, 0.1) is 17.8 Å². The van der Waals surface area contributed by atoms with Gasteiger partial charge in [-0.25, -0.2) is 0 Å². The fourth-order valence-electron chi connectivity index (χ4n) is 6.70. The van der Waals surface area contributed by atoms with Gasteiger partial charge in [0.15, 0.2) is 0 Å². The monoisotopic (exact) mass is 500 g/mol. The number of nitrogens with zero attached hydrogens (tertiary/aromatic N) is 2. The van der Waals surface area contributed by atoms with Gasteiger partial charge in [0, 0.05) is 37.6 Å². The van der Waals surface area contributed by atoms with Gasteiger partial charge in [-0.3, -0.25) is 14.4 Å². The van der Waals surface area contributed by atoms with E-state index >= 15 is 0 Å². The largest absolute Gasteiger partial charge is 0.395 e. The highest BCUT2D eigenvalue weighted by atomic mass is 16.5. The normalized spacial score (nSPS) is 32.5. The number of fused-ring (bicyclic) bond motifs is 1. The summed E-state index contributed by atoms with van der Waals surface area (Å²) in [4.78, 5) is 44.4. The van der Waals surface area contributed by atoms with Gasteiger partial charge >= 0.3 is 0 Å². The molecule has 3 saturated heterocycles. The molecule has 36 heavy (non-hydrogen) atoms. The maximum absolute atomic E-state index is 13.8. The van der Waals surface area contributed by atoms with E-state index in [1.165, 1.54) is 4.90 Å². The lowest BCUT2D eigenvalue weighted by Gasteiger charge is -2.36. The number of nitrogens with one attached hydrogen (secondary N) is 2. The maximum Gasteiger partial charge on any atom is 0.250 e. The van der Waals surface area contributed by atoms with Crippen LogP contribution in [0.15, 0.2) is 24.3 Å². The lowest BCUT2D eigenvalue weighted by molar-refractivity contribution is -0.146. The second-order valence-corrected chi connectivity index (χ2v) is 10.5. The first-order valence-electron chi connectivity index (χ1n) is 13.2. The highest BCUT2D eigenvalue weighted by Crippen LogP contribution is 2.65. The lowest BCUT2D eigenvalue weighted by Crippen LogP contribution is -2.54. The van der Waals surface area contributed by atoms with E-state index in [0.717, 1.165) is 25.2 Å². The topological polar surface area (TPSA) is 111 Å². The molecule has 1 aromatic carbocycles. The summed E-state index contributed by atoms with van der Waals surface area (Å²) in [6, 6.07) is 6.70. The third-order valence-electron chi connectivity index (χ3n) is 8.50. The number of hydrogen-bond donors (Lipinski definition) is 3. The van der Waals surface area contributed by atoms with E-state index in [9.17, 15) is 19.5 Å². The molecule has 1 aromatic rings. The first-order valence-corrected chi connectivity index (χ1v) is 13.2. The fourth-order valence-corrected chi connectivity index (χ4v) is 6.70. The molecule has 3 amide bonds. The van der Waals surface area contributed by atoms with Gasteiger partial charge in [-0.05, 0) is 63.8 Å². The molecule has 3 N–H and O–H groups in total. The molecule has 2 bridgehead atoms. The number of ether oxygens (including phenoxy) is 1. The van der Waals surface area contributed by atoms with Crippen molar-refractivity contribution < 1.29 is 24.2 Å². The number of carbonyl (C=O) groups excluding carboxylic acids is 3. The molecule has 0 aliphatic carbocycles. The van der Waals surface area contributed by atoms with Crippen LogP contribution in [0.25, 0.3) is 0 Å². The Morgan fingerprint density at radius 1 is 1.17 bits per heavy atom. The van der Waals surface area contributed by atoms with E-state index in [1.54, 1.807) is 0 Å². The van der Waals surface area contributed by atoms with Crippen LogP contribution in [0.2, 0.25) is 0 Å². The zero-order valence-corrected chi connectivity index (χ0v) is 22.0. The number of benzene rings is 1. The molecule has 6 atom stereocenters. The van der Waals surface area contributed by atoms with Gasteiger partial charge in [0.2, 0.25) is 17.7 Å². The van der Waals surface area contributed by atoms with Crippen molar-refractivity contribution in [1.82, 2.24) is 10.2 Å². The van der Waals surface area contributed by atoms with E-state index < -0.39 is 29.1 Å². The highest BCUT2D eigenvalue weighted by Gasteiger charge is 2.79. The fraction of sp³-hybridized carbons (Fsp3) is 0.667. The van der Waals surface area contributed by atoms with E-state index in [0.29, 0.717) is 18.7 Å². The van der Waals surface area contributed by atoms with Crippen LogP contribution in [0.1, 0.15) is 47.5 Å². The minimum Gasteiger partial charge on any atom is -0.395 e. The van der Waals surface area contributed by atoms with Gasteiger partial charge in [-0.1, -0.05) is 13.8 Å². The smallest absolute Gasteiger partial charge is 0.250 e. The van der Waals surface area contributed by atoms with Crippen molar-refractivity contribution in [2.75, 3.05) is 43.0 Å². The van der Waals surface area contributed by atoms with Crippen molar-refractivity contribution in [2.45, 2.75) is 64.7 Å². The number of carbonyl (C=O) groups is 3. The number of amides is 3. The van der Waals surface area contributed by atoms with Crippen molar-refractivity contribution in [3.63, 3.8) is 0 Å². The molecule has 198 valence electrons. The number of anilines is 2. The Bertz CT molecular complexity index is 996. The number of β-amino-alcohol motifs (C(OH)–C–C–N with tert-alkyl or cyclic N) is 1. The van der Waals surface area contributed by atoms with Crippen LogP contribution in [0.5, 0.6) is 0 Å². The Morgan fingerprint density at radius 3 is 2.42 bits per heavy atom. The molecule has 3 heterocycles. The third kappa shape index (κ3) is 3.96. The average Bonchev–Trinajstić information content (AvgIpc) is 3.36. The summed E-state index contributed by atoms with van der Waals surface area (Å²) >= 11 is 0. The number of aliphatic hydroxyl groups is 1. The molecule has 1 spiro atoms. The summed E-state index contributed by atoms with van der Waals surface area (Å²) in [5.74, 6) is -2.33. The van der Waals surface area contributed by atoms with Gasteiger partial charge in [0.25, 0.3) is 0 Å². The molecule has 9 nitrogen and oxygen atoms in total. The van der Waals surface area contributed by atoms with Gasteiger partial charge in [0.1, 0.15) is 11.6 Å². The van der Waals surface area contributed by atoms with Crippen LogP contribution in [-0.4, -0.2) is 77.8 Å². The minimum absolute atomic E-state index is 0.00776. The van der Waals surface area contributed by atoms with Crippen LogP contribution >= 0.6 is 0 Å². The quantitative estimate of drug-likeness (QED) is 0.453. The highest BCUT2D eigenvalue weighted by molar-refractivity contribution is 6.03. The zero-order chi connectivity index (χ0) is 26.3. The molecule has 9 heteroatoms. The molecular formula is C27H40N4O5. The molecule has 3 fully saturated rings. The van der Waals surface area contributed by atoms with Crippen molar-refractivity contribution in [3.05, 3.63) is 24.3 Å². The molecule has 3 aliphatic rings. The standard InChI is InChI=1S/C27H40N4O5/c1-6-13-28-23(33)20-21-25(35)31(14-15-32)22(27(21)16-17(4)26(20,5)36-27)24(34)29-18-9-11-19(12-10-18)30(7-2)8-3/h9-12,17,20-22,32H,6-8,13-16H2,1-5H3,(H,28,33)(H,29,34)/t17?,20-,21-,22?,26+,27?/m0/s1. The molecular weight excluding hydrogens is 460 g/mol. The van der Waals surface area contributed by atoms with E-state index in [1.807, 2.05) is 45.0 Å². The van der Waals surface area contributed by atoms with Crippen molar-refractivity contribution in [1.29, 1.82) is 0 Å². The SMILES string of the molecule is CCCNC(=O)[C@@H]1[C@H]2C(=O)N(CCO)C(C(=O)Nc3ccc(N(CC)CC)cc3)C23CC(C)[C@@]1(C)O3. The Morgan fingerprint density at radius 2 is 1.83 bits per heavy atom. The van der Waals surface area contributed by atoms with Gasteiger partial charge < -0.3 is 30.3 Å². The summed E-state index contributed by atoms with van der Waals surface area (Å²) in [6.45, 7) is 12.1. The van der Waals surface area contributed by atoms with Gasteiger partial charge in [-0.15, -0.1) is 0 Å².